The molecule has 0 bridgehead atoms. The topological polar surface area (TPSA) is 14.2 Å². The lowest BCUT2D eigenvalue weighted by atomic mass is 10.2. The maximum absolute atomic E-state index is 13.0. The third-order valence-electron chi connectivity index (χ3n) is 2.85. The van der Waals surface area contributed by atoms with Gasteiger partial charge in [0, 0.05) is 30.3 Å². The van der Waals surface area contributed by atoms with E-state index in [1.807, 2.05) is 18.3 Å². The number of nitrogens with zero attached hydrogens (tertiary/aromatic N) is 1. The van der Waals surface area contributed by atoms with Crippen LogP contribution in [0.15, 0.2) is 30.5 Å². The molecule has 2 nitrogen and oxygen atoms in total. The molecular formula is C14H18FNO. The zero-order valence-electron chi connectivity index (χ0n) is 10.2. The van der Waals surface area contributed by atoms with Gasteiger partial charge in [-0.25, -0.2) is 4.39 Å². The van der Waals surface area contributed by atoms with Gasteiger partial charge in [-0.1, -0.05) is 13.3 Å². The Bertz CT molecular complexity index is 478. The van der Waals surface area contributed by atoms with Gasteiger partial charge < -0.3 is 9.30 Å². The Kier molecular flexibility index (Phi) is 4.15. The smallest absolute Gasteiger partial charge is 0.123 e. The fraction of sp³-hybridized carbons (Fsp3) is 0.429. The summed E-state index contributed by atoms with van der Waals surface area (Å²) in [5.41, 5.74) is 1.06. The molecule has 2 rings (SSSR count). The first-order chi connectivity index (χ1) is 8.31. The summed E-state index contributed by atoms with van der Waals surface area (Å²) in [5, 5.41) is 0.943. The summed E-state index contributed by atoms with van der Waals surface area (Å²) in [6.07, 6.45) is 4.25. The minimum atomic E-state index is -0.186. The van der Waals surface area contributed by atoms with Gasteiger partial charge in [-0.15, -0.1) is 0 Å². The Hall–Kier alpha value is -1.35. The lowest BCUT2D eigenvalue weighted by Crippen LogP contribution is -2.05. The van der Waals surface area contributed by atoms with Crippen LogP contribution in [0.3, 0.4) is 0 Å². The molecule has 0 saturated carbocycles. The van der Waals surface area contributed by atoms with Gasteiger partial charge in [0.1, 0.15) is 5.82 Å². The highest BCUT2D eigenvalue weighted by Crippen LogP contribution is 2.16. The summed E-state index contributed by atoms with van der Waals surface area (Å²) >= 11 is 0. The summed E-state index contributed by atoms with van der Waals surface area (Å²) < 4.78 is 20.6. The SMILES string of the molecule is CCCCOCCn1ccc2cc(F)ccc21. The molecule has 0 N–H and O–H groups in total. The molecule has 0 aliphatic rings. The van der Waals surface area contributed by atoms with E-state index >= 15 is 0 Å². The molecule has 0 amide bonds. The van der Waals surface area contributed by atoms with Crippen molar-refractivity contribution in [2.75, 3.05) is 13.2 Å². The number of rotatable bonds is 6. The van der Waals surface area contributed by atoms with Crippen molar-refractivity contribution in [3.8, 4) is 0 Å². The van der Waals surface area contributed by atoms with Crippen molar-refractivity contribution in [1.82, 2.24) is 4.57 Å². The number of hydrogen-bond donors (Lipinski definition) is 0. The monoisotopic (exact) mass is 235 g/mol. The van der Waals surface area contributed by atoms with Gasteiger partial charge in [0.05, 0.1) is 6.61 Å². The number of benzene rings is 1. The third-order valence-corrected chi connectivity index (χ3v) is 2.85. The summed E-state index contributed by atoms with van der Waals surface area (Å²) in [5.74, 6) is -0.186. The molecule has 92 valence electrons. The number of ether oxygens (including phenoxy) is 1. The highest BCUT2D eigenvalue weighted by Gasteiger charge is 2.01. The first kappa shape index (κ1) is 12.1. The van der Waals surface area contributed by atoms with E-state index in [0.717, 1.165) is 36.9 Å². The molecular weight excluding hydrogens is 217 g/mol. The zero-order valence-corrected chi connectivity index (χ0v) is 10.2. The van der Waals surface area contributed by atoms with E-state index in [0.29, 0.717) is 6.61 Å². The number of hydrogen-bond acceptors (Lipinski definition) is 1. The Morgan fingerprint density at radius 2 is 2.12 bits per heavy atom. The maximum atomic E-state index is 13.0. The predicted molar refractivity (Wildman–Crippen MR) is 67.6 cm³/mol. The molecule has 17 heavy (non-hydrogen) atoms. The molecule has 0 atom stereocenters. The molecule has 2 aromatic rings. The van der Waals surface area contributed by atoms with Crippen LogP contribution < -0.4 is 0 Å². The lowest BCUT2D eigenvalue weighted by Gasteiger charge is -2.06. The van der Waals surface area contributed by atoms with Crippen LogP contribution in [0, 0.1) is 5.82 Å². The predicted octanol–water partition coefficient (Wildman–Crippen LogP) is 3.60. The van der Waals surface area contributed by atoms with E-state index < -0.39 is 0 Å². The molecule has 0 saturated heterocycles. The van der Waals surface area contributed by atoms with Crippen molar-refractivity contribution in [3.63, 3.8) is 0 Å². The Balaban J connectivity index is 1.95. The van der Waals surface area contributed by atoms with Gasteiger partial charge in [-0.05, 0) is 30.7 Å². The average molecular weight is 235 g/mol. The van der Waals surface area contributed by atoms with E-state index in [1.54, 1.807) is 6.07 Å². The van der Waals surface area contributed by atoms with Gasteiger partial charge in [0.15, 0.2) is 0 Å². The molecule has 1 aromatic heterocycles. The van der Waals surface area contributed by atoms with Crippen molar-refractivity contribution in [1.29, 1.82) is 0 Å². The highest BCUT2D eigenvalue weighted by molar-refractivity contribution is 5.80. The molecule has 1 heterocycles. The summed E-state index contributed by atoms with van der Waals surface area (Å²) in [6.45, 7) is 4.50. The van der Waals surface area contributed by atoms with Crippen LogP contribution in [-0.4, -0.2) is 17.8 Å². The fourth-order valence-electron chi connectivity index (χ4n) is 1.88. The summed E-state index contributed by atoms with van der Waals surface area (Å²) in [6, 6.07) is 6.81. The van der Waals surface area contributed by atoms with Crippen molar-refractivity contribution in [2.24, 2.45) is 0 Å². The van der Waals surface area contributed by atoms with Crippen LogP contribution in [0.5, 0.6) is 0 Å². The summed E-state index contributed by atoms with van der Waals surface area (Å²) in [4.78, 5) is 0. The van der Waals surface area contributed by atoms with Crippen molar-refractivity contribution < 1.29 is 9.13 Å². The average Bonchev–Trinajstić information content (AvgIpc) is 2.71. The first-order valence-corrected chi connectivity index (χ1v) is 6.13. The van der Waals surface area contributed by atoms with Crippen molar-refractivity contribution in [3.05, 3.63) is 36.3 Å². The number of fused-ring (bicyclic) bond motifs is 1. The largest absolute Gasteiger partial charge is 0.380 e. The second kappa shape index (κ2) is 5.82. The van der Waals surface area contributed by atoms with Crippen LogP contribution in [0.1, 0.15) is 19.8 Å². The van der Waals surface area contributed by atoms with Crippen molar-refractivity contribution in [2.45, 2.75) is 26.3 Å². The third kappa shape index (κ3) is 3.07. The summed E-state index contributed by atoms with van der Waals surface area (Å²) in [7, 11) is 0. The lowest BCUT2D eigenvalue weighted by molar-refractivity contribution is 0.124. The van der Waals surface area contributed by atoms with Gasteiger partial charge >= 0.3 is 0 Å². The number of halogens is 1. The molecule has 1 aromatic carbocycles. The number of unbranched alkanes of at least 4 members (excludes halogenated alkanes) is 1. The number of aromatic nitrogens is 1. The Morgan fingerprint density at radius 3 is 2.94 bits per heavy atom. The molecule has 0 fully saturated rings. The van der Waals surface area contributed by atoms with Crippen molar-refractivity contribution >= 4 is 10.9 Å². The van der Waals surface area contributed by atoms with E-state index in [2.05, 4.69) is 11.5 Å². The fourth-order valence-corrected chi connectivity index (χ4v) is 1.88. The van der Waals surface area contributed by atoms with E-state index in [1.165, 1.54) is 6.07 Å². The maximum Gasteiger partial charge on any atom is 0.123 e. The molecule has 0 aliphatic carbocycles. The Morgan fingerprint density at radius 1 is 1.24 bits per heavy atom. The van der Waals surface area contributed by atoms with Crippen LogP contribution in [0.2, 0.25) is 0 Å². The molecule has 0 radical (unpaired) electrons. The van der Waals surface area contributed by atoms with Gasteiger partial charge in [-0.3, -0.25) is 0 Å². The Labute approximate surface area is 101 Å². The molecule has 0 aliphatic heterocycles. The quantitative estimate of drug-likeness (QED) is 0.698. The van der Waals surface area contributed by atoms with Gasteiger partial charge in [-0.2, -0.15) is 0 Å². The van der Waals surface area contributed by atoms with Crippen LogP contribution in [0.25, 0.3) is 10.9 Å². The van der Waals surface area contributed by atoms with E-state index in [-0.39, 0.29) is 5.82 Å². The zero-order chi connectivity index (χ0) is 12.1. The minimum absolute atomic E-state index is 0.186. The second-order valence-electron chi connectivity index (χ2n) is 4.18. The molecule has 0 unspecified atom stereocenters. The molecule has 3 heteroatoms. The van der Waals surface area contributed by atoms with Crippen LogP contribution >= 0.6 is 0 Å². The molecule has 0 spiro atoms. The van der Waals surface area contributed by atoms with E-state index in [9.17, 15) is 4.39 Å². The normalized spacial score (nSPS) is 11.2. The van der Waals surface area contributed by atoms with Gasteiger partial charge in [0.25, 0.3) is 0 Å². The van der Waals surface area contributed by atoms with Gasteiger partial charge in [0.2, 0.25) is 0 Å². The minimum Gasteiger partial charge on any atom is -0.380 e. The standard InChI is InChI=1S/C14H18FNO/c1-2-3-9-17-10-8-16-7-6-12-11-13(15)4-5-14(12)16/h4-7,11H,2-3,8-10H2,1H3. The van der Waals surface area contributed by atoms with E-state index in [4.69, 9.17) is 4.74 Å². The van der Waals surface area contributed by atoms with Crippen LogP contribution in [0.4, 0.5) is 4.39 Å². The second-order valence-corrected chi connectivity index (χ2v) is 4.18. The first-order valence-electron chi connectivity index (χ1n) is 6.13. The van der Waals surface area contributed by atoms with Crippen LogP contribution in [-0.2, 0) is 11.3 Å². The highest BCUT2D eigenvalue weighted by atomic mass is 19.1.